The zero-order valence-electron chi connectivity index (χ0n) is 13.3. The van der Waals surface area contributed by atoms with E-state index in [1.807, 2.05) is 11.4 Å². The van der Waals surface area contributed by atoms with Crippen molar-refractivity contribution < 1.29 is 9.18 Å². The van der Waals surface area contributed by atoms with Gasteiger partial charge in [-0.05, 0) is 24.5 Å². The van der Waals surface area contributed by atoms with Gasteiger partial charge in [0, 0.05) is 29.3 Å². The molecule has 7 heteroatoms. The molecule has 1 saturated carbocycles. The van der Waals surface area contributed by atoms with Gasteiger partial charge in [0.2, 0.25) is 0 Å². The monoisotopic (exact) mass is 365 g/mol. The normalized spacial score (nSPS) is 13.7. The third kappa shape index (κ3) is 5.21. The van der Waals surface area contributed by atoms with Gasteiger partial charge in [-0.15, -0.1) is 11.3 Å². The third-order valence-corrected chi connectivity index (χ3v) is 5.74. The molecule has 0 aliphatic heterocycles. The van der Waals surface area contributed by atoms with Crippen molar-refractivity contribution in [3.8, 4) is 0 Å². The lowest BCUT2D eigenvalue weighted by molar-refractivity contribution is 0.241. The summed E-state index contributed by atoms with van der Waals surface area (Å²) in [6.45, 7) is 1.01. The topological polar surface area (TPSA) is 54.0 Å². The largest absolute Gasteiger partial charge is 0.337 e. The second kappa shape index (κ2) is 8.48. The summed E-state index contributed by atoms with van der Waals surface area (Å²) in [4.78, 5) is 16.3. The minimum atomic E-state index is -0.192. The summed E-state index contributed by atoms with van der Waals surface area (Å²) in [7, 11) is 0. The van der Waals surface area contributed by atoms with Crippen LogP contribution in [0.3, 0.4) is 0 Å². The Hall–Kier alpha value is -1.60. The molecule has 0 spiro atoms. The summed E-state index contributed by atoms with van der Waals surface area (Å²) in [5.41, 5.74) is 1.62. The van der Waals surface area contributed by atoms with Crippen LogP contribution in [-0.2, 0) is 12.3 Å². The molecule has 0 radical (unpaired) electrons. The molecule has 0 atom stereocenters. The van der Waals surface area contributed by atoms with Gasteiger partial charge in [0.05, 0.1) is 17.2 Å². The second-order valence-corrected chi connectivity index (χ2v) is 7.70. The molecule has 0 unspecified atom stereocenters. The van der Waals surface area contributed by atoms with E-state index in [1.54, 1.807) is 35.2 Å². The van der Waals surface area contributed by atoms with Crippen LogP contribution in [0, 0.1) is 5.82 Å². The van der Waals surface area contributed by atoms with E-state index >= 15 is 0 Å². The van der Waals surface area contributed by atoms with Crippen molar-refractivity contribution in [2.75, 3.05) is 12.3 Å². The quantitative estimate of drug-likeness (QED) is 0.698. The van der Waals surface area contributed by atoms with Crippen LogP contribution in [0.1, 0.15) is 35.0 Å². The van der Waals surface area contributed by atoms with E-state index in [9.17, 15) is 9.18 Å². The number of benzene rings is 1. The highest BCUT2D eigenvalue weighted by atomic mass is 32.2. The lowest BCUT2D eigenvalue weighted by Gasteiger charge is -2.07. The van der Waals surface area contributed by atoms with E-state index in [0.717, 1.165) is 11.4 Å². The molecule has 3 rings (SSSR count). The Kier molecular flexibility index (Phi) is 6.09. The number of thiazole rings is 1. The molecular formula is C17H20FN3OS2. The lowest BCUT2D eigenvalue weighted by atomic mass is 10.2. The number of amides is 2. The molecule has 1 heterocycles. The zero-order valence-corrected chi connectivity index (χ0v) is 14.9. The summed E-state index contributed by atoms with van der Waals surface area (Å²) in [6.07, 6.45) is 2.48. The van der Waals surface area contributed by atoms with Crippen molar-refractivity contribution in [2.24, 2.45) is 0 Å². The molecule has 1 aliphatic rings. The summed E-state index contributed by atoms with van der Waals surface area (Å²) in [6, 6.07) is 6.58. The van der Waals surface area contributed by atoms with E-state index in [4.69, 9.17) is 0 Å². The number of halogens is 1. The molecule has 2 aromatic rings. The lowest BCUT2D eigenvalue weighted by Crippen LogP contribution is -2.36. The van der Waals surface area contributed by atoms with Crippen LogP contribution in [-0.4, -0.2) is 23.3 Å². The van der Waals surface area contributed by atoms with Crippen molar-refractivity contribution >= 4 is 29.1 Å². The zero-order chi connectivity index (χ0) is 16.8. The number of hydrogen-bond donors (Lipinski definition) is 2. The van der Waals surface area contributed by atoms with Crippen LogP contribution < -0.4 is 10.6 Å². The second-order valence-electron chi connectivity index (χ2n) is 5.70. The highest BCUT2D eigenvalue weighted by Crippen LogP contribution is 2.41. The molecule has 24 heavy (non-hydrogen) atoms. The summed E-state index contributed by atoms with van der Waals surface area (Å²) in [5.74, 6) is 1.83. The molecule has 1 aliphatic carbocycles. The minimum absolute atomic E-state index is 0.176. The van der Waals surface area contributed by atoms with Gasteiger partial charge >= 0.3 is 6.03 Å². The third-order valence-electron chi connectivity index (χ3n) is 3.67. The van der Waals surface area contributed by atoms with Crippen molar-refractivity contribution in [3.63, 3.8) is 0 Å². The molecular weight excluding hydrogens is 345 g/mol. The van der Waals surface area contributed by atoms with Crippen LogP contribution in [0.4, 0.5) is 9.18 Å². The maximum Gasteiger partial charge on any atom is 0.315 e. The Balaban J connectivity index is 1.27. The first-order chi connectivity index (χ1) is 11.7. The van der Waals surface area contributed by atoms with Crippen LogP contribution in [0.25, 0.3) is 0 Å². The van der Waals surface area contributed by atoms with Gasteiger partial charge in [-0.2, -0.15) is 11.8 Å². The molecule has 1 aromatic heterocycles. The number of aromatic nitrogens is 1. The van der Waals surface area contributed by atoms with E-state index in [1.165, 1.54) is 23.9 Å². The predicted molar refractivity (Wildman–Crippen MR) is 96.9 cm³/mol. The Morgan fingerprint density at radius 3 is 2.96 bits per heavy atom. The van der Waals surface area contributed by atoms with E-state index in [-0.39, 0.29) is 11.8 Å². The Bertz CT molecular complexity index is 688. The highest BCUT2D eigenvalue weighted by molar-refractivity contribution is 7.98. The van der Waals surface area contributed by atoms with Gasteiger partial charge in [-0.1, -0.05) is 18.2 Å². The smallest absolute Gasteiger partial charge is 0.315 e. The van der Waals surface area contributed by atoms with Crippen LogP contribution in [0.5, 0.6) is 0 Å². The SMILES string of the molecule is O=C(NCCSCc1ccccc1F)NCc1csc(C2CC2)n1. The Morgan fingerprint density at radius 1 is 1.33 bits per heavy atom. The van der Waals surface area contributed by atoms with Crippen LogP contribution in [0.15, 0.2) is 29.6 Å². The number of hydrogen-bond acceptors (Lipinski definition) is 4. The minimum Gasteiger partial charge on any atom is -0.337 e. The van der Waals surface area contributed by atoms with Gasteiger partial charge in [-0.3, -0.25) is 0 Å². The maximum absolute atomic E-state index is 13.4. The van der Waals surface area contributed by atoms with Crippen LogP contribution >= 0.6 is 23.1 Å². The Morgan fingerprint density at radius 2 is 2.17 bits per heavy atom. The fraction of sp³-hybridized carbons (Fsp3) is 0.412. The molecule has 0 bridgehead atoms. The highest BCUT2D eigenvalue weighted by Gasteiger charge is 2.26. The van der Waals surface area contributed by atoms with Gasteiger partial charge in [0.25, 0.3) is 0 Å². The number of carbonyl (C=O) groups excluding carboxylic acids is 1. The number of rotatable bonds is 8. The number of nitrogens with zero attached hydrogens (tertiary/aromatic N) is 1. The molecule has 0 saturated heterocycles. The van der Waals surface area contributed by atoms with E-state index < -0.39 is 0 Å². The average Bonchev–Trinajstić information content (AvgIpc) is 3.33. The maximum atomic E-state index is 13.4. The first-order valence-electron chi connectivity index (χ1n) is 7.99. The molecule has 128 valence electrons. The summed E-state index contributed by atoms with van der Waals surface area (Å²) in [5, 5.41) is 8.82. The fourth-order valence-corrected chi connectivity index (χ4v) is 4.02. The van der Waals surface area contributed by atoms with Gasteiger partial charge in [0.15, 0.2) is 0 Å². The van der Waals surface area contributed by atoms with E-state index in [2.05, 4.69) is 15.6 Å². The number of thioether (sulfide) groups is 1. The van der Waals surface area contributed by atoms with Gasteiger partial charge in [0.1, 0.15) is 5.82 Å². The van der Waals surface area contributed by atoms with Crippen molar-refractivity contribution in [2.45, 2.75) is 31.1 Å². The number of urea groups is 1. The molecule has 2 amide bonds. The standard InChI is InChI=1S/C17H20FN3OS2/c18-15-4-2-1-3-13(15)10-23-8-7-19-17(22)20-9-14-11-24-16(21-14)12-5-6-12/h1-4,11-12H,5-10H2,(H2,19,20,22). The number of carbonyl (C=O) groups is 1. The van der Waals surface area contributed by atoms with Gasteiger partial charge < -0.3 is 10.6 Å². The summed E-state index contributed by atoms with van der Waals surface area (Å²) < 4.78 is 13.4. The number of nitrogens with one attached hydrogen (secondary N) is 2. The molecule has 2 N–H and O–H groups in total. The van der Waals surface area contributed by atoms with Gasteiger partial charge in [-0.25, -0.2) is 14.2 Å². The molecule has 4 nitrogen and oxygen atoms in total. The Labute approximate surface area is 149 Å². The molecule has 1 fully saturated rings. The van der Waals surface area contributed by atoms with Crippen molar-refractivity contribution in [3.05, 3.63) is 51.7 Å². The summed E-state index contributed by atoms with van der Waals surface area (Å²) >= 11 is 3.28. The first-order valence-corrected chi connectivity index (χ1v) is 10.0. The van der Waals surface area contributed by atoms with Crippen molar-refractivity contribution in [1.82, 2.24) is 15.6 Å². The predicted octanol–water partition coefficient (Wildman–Crippen LogP) is 3.89. The van der Waals surface area contributed by atoms with Crippen LogP contribution in [0.2, 0.25) is 0 Å². The molecule has 1 aromatic carbocycles. The average molecular weight is 365 g/mol. The van der Waals surface area contributed by atoms with E-state index in [0.29, 0.717) is 30.3 Å². The first kappa shape index (κ1) is 17.2. The fourth-order valence-electron chi connectivity index (χ4n) is 2.19. The van der Waals surface area contributed by atoms with Crippen molar-refractivity contribution in [1.29, 1.82) is 0 Å².